The second-order valence-electron chi connectivity index (χ2n) is 5.55. The Morgan fingerprint density at radius 1 is 1.09 bits per heavy atom. The summed E-state index contributed by atoms with van der Waals surface area (Å²) in [6.07, 6.45) is 0. The standard InChI is InChI=1S/C17H20F2N2O/c1-11(2)17(10-22)20-9-16-14(19)7-8-15(21-16)12-3-5-13(18)6-4-12/h3-8,11,17,20,22H,9-10H2,1-2H3/t17-/m0/s1. The third kappa shape index (κ3) is 4.08. The van der Waals surface area contributed by atoms with Crippen LogP contribution in [0.5, 0.6) is 0 Å². The summed E-state index contributed by atoms with van der Waals surface area (Å²) in [5, 5.41) is 12.4. The molecule has 0 fully saturated rings. The van der Waals surface area contributed by atoms with Gasteiger partial charge < -0.3 is 10.4 Å². The molecule has 1 heterocycles. The third-order valence-corrected chi connectivity index (χ3v) is 3.59. The topological polar surface area (TPSA) is 45.1 Å². The van der Waals surface area contributed by atoms with Crippen molar-refractivity contribution < 1.29 is 13.9 Å². The van der Waals surface area contributed by atoms with Crippen LogP contribution in [0.15, 0.2) is 36.4 Å². The summed E-state index contributed by atoms with van der Waals surface area (Å²) in [4.78, 5) is 4.30. The molecule has 0 saturated carbocycles. The minimum atomic E-state index is -0.404. The van der Waals surface area contributed by atoms with Crippen LogP contribution in [-0.2, 0) is 6.54 Å². The number of aromatic nitrogens is 1. The molecule has 0 aliphatic rings. The second kappa shape index (κ2) is 7.42. The number of aliphatic hydroxyl groups excluding tert-OH is 1. The first-order chi connectivity index (χ1) is 10.5. The van der Waals surface area contributed by atoms with Crippen molar-refractivity contribution in [2.75, 3.05) is 6.61 Å². The Labute approximate surface area is 129 Å². The van der Waals surface area contributed by atoms with Gasteiger partial charge in [0.15, 0.2) is 0 Å². The number of nitrogens with zero attached hydrogens (tertiary/aromatic N) is 1. The lowest BCUT2D eigenvalue weighted by Gasteiger charge is -2.20. The normalized spacial score (nSPS) is 12.6. The molecule has 0 unspecified atom stereocenters. The molecule has 0 radical (unpaired) electrons. The highest BCUT2D eigenvalue weighted by atomic mass is 19.1. The molecule has 2 N–H and O–H groups in total. The highest BCUT2D eigenvalue weighted by molar-refractivity contribution is 5.58. The molecule has 0 bridgehead atoms. The quantitative estimate of drug-likeness (QED) is 0.862. The Morgan fingerprint density at radius 3 is 2.36 bits per heavy atom. The first-order valence-corrected chi connectivity index (χ1v) is 7.27. The predicted molar refractivity (Wildman–Crippen MR) is 82.1 cm³/mol. The van der Waals surface area contributed by atoms with Gasteiger partial charge in [0, 0.05) is 18.2 Å². The zero-order valence-corrected chi connectivity index (χ0v) is 12.7. The van der Waals surface area contributed by atoms with E-state index in [9.17, 15) is 13.9 Å². The van der Waals surface area contributed by atoms with E-state index in [1.807, 2.05) is 13.8 Å². The molecular weight excluding hydrogens is 286 g/mol. The van der Waals surface area contributed by atoms with E-state index in [2.05, 4.69) is 10.3 Å². The lowest BCUT2D eigenvalue weighted by atomic mass is 10.1. The maximum absolute atomic E-state index is 13.9. The fourth-order valence-corrected chi connectivity index (χ4v) is 2.13. The van der Waals surface area contributed by atoms with E-state index in [0.717, 1.165) is 5.56 Å². The Morgan fingerprint density at radius 2 is 1.77 bits per heavy atom. The molecule has 1 aromatic heterocycles. The third-order valence-electron chi connectivity index (χ3n) is 3.59. The van der Waals surface area contributed by atoms with Crippen molar-refractivity contribution in [3.8, 4) is 11.3 Å². The molecule has 1 aromatic carbocycles. The number of hydrogen-bond acceptors (Lipinski definition) is 3. The lowest BCUT2D eigenvalue weighted by Crippen LogP contribution is -2.36. The van der Waals surface area contributed by atoms with E-state index in [0.29, 0.717) is 5.69 Å². The van der Waals surface area contributed by atoms with Gasteiger partial charge in [-0.15, -0.1) is 0 Å². The summed E-state index contributed by atoms with van der Waals surface area (Å²) < 4.78 is 26.8. The molecule has 0 aliphatic heterocycles. The van der Waals surface area contributed by atoms with Gasteiger partial charge in [-0.05, 0) is 42.3 Å². The molecular formula is C17H20F2N2O. The van der Waals surface area contributed by atoms with Crippen LogP contribution in [0.25, 0.3) is 11.3 Å². The molecule has 2 aromatic rings. The number of rotatable bonds is 6. The summed E-state index contributed by atoms with van der Waals surface area (Å²) in [6, 6.07) is 8.71. The summed E-state index contributed by atoms with van der Waals surface area (Å²) in [5.41, 5.74) is 1.59. The van der Waals surface area contributed by atoms with Crippen LogP contribution in [0.1, 0.15) is 19.5 Å². The zero-order valence-electron chi connectivity index (χ0n) is 12.7. The van der Waals surface area contributed by atoms with Crippen LogP contribution < -0.4 is 5.32 Å². The van der Waals surface area contributed by atoms with E-state index < -0.39 is 5.82 Å². The number of hydrogen-bond donors (Lipinski definition) is 2. The maximum atomic E-state index is 13.9. The van der Waals surface area contributed by atoms with Gasteiger partial charge in [-0.25, -0.2) is 13.8 Å². The number of benzene rings is 1. The van der Waals surface area contributed by atoms with Crippen molar-refractivity contribution in [2.45, 2.75) is 26.4 Å². The number of pyridine rings is 1. The largest absolute Gasteiger partial charge is 0.395 e. The monoisotopic (exact) mass is 306 g/mol. The van der Waals surface area contributed by atoms with Crippen molar-refractivity contribution in [3.63, 3.8) is 0 Å². The molecule has 0 spiro atoms. The number of halogens is 2. The van der Waals surface area contributed by atoms with Crippen molar-refractivity contribution in [3.05, 3.63) is 53.7 Å². The molecule has 2 rings (SSSR count). The van der Waals surface area contributed by atoms with Crippen LogP contribution in [-0.4, -0.2) is 22.7 Å². The van der Waals surface area contributed by atoms with E-state index in [1.165, 1.54) is 18.2 Å². The summed E-state index contributed by atoms with van der Waals surface area (Å²) in [6.45, 7) is 4.17. The molecule has 3 nitrogen and oxygen atoms in total. The molecule has 0 amide bonds. The van der Waals surface area contributed by atoms with Crippen molar-refractivity contribution >= 4 is 0 Å². The minimum Gasteiger partial charge on any atom is -0.395 e. The second-order valence-corrected chi connectivity index (χ2v) is 5.55. The van der Waals surface area contributed by atoms with E-state index >= 15 is 0 Å². The lowest BCUT2D eigenvalue weighted by molar-refractivity contribution is 0.209. The van der Waals surface area contributed by atoms with Gasteiger partial charge in [-0.3, -0.25) is 0 Å². The molecule has 22 heavy (non-hydrogen) atoms. The average Bonchev–Trinajstić information content (AvgIpc) is 2.50. The highest BCUT2D eigenvalue weighted by Gasteiger charge is 2.13. The SMILES string of the molecule is CC(C)[C@H](CO)NCc1nc(-c2ccc(F)cc2)ccc1F. The van der Waals surface area contributed by atoms with Gasteiger partial charge in [0.1, 0.15) is 11.6 Å². The van der Waals surface area contributed by atoms with E-state index in [1.54, 1.807) is 18.2 Å². The van der Waals surface area contributed by atoms with Crippen molar-refractivity contribution in [1.82, 2.24) is 10.3 Å². The fourth-order valence-electron chi connectivity index (χ4n) is 2.13. The molecule has 118 valence electrons. The summed E-state index contributed by atoms with van der Waals surface area (Å²) in [7, 11) is 0. The maximum Gasteiger partial charge on any atom is 0.146 e. The van der Waals surface area contributed by atoms with Crippen LogP contribution >= 0.6 is 0 Å². The van der Waals surface area contributed by atoms with Crippen molar-refractivity contribution in [1.29, 1.82) is 0 Å². The molecule has 0 saturated heterocycles. The van der Waals surface area contributed by atoms with Gasteiger partial charge in [-0.2, -0.15) is 0 Å². The van der Waals surface area contributed by atoms with Crippen molar-refractivity contribution in [2.24, 2.45) is 5.92 Å². The minimum absolute atomic E-state index is 0.0169. The summed E-state index contributed by atoms with van der Waals surface area (Å²) >= 11 is 0. The Hall–Kier alpha value is -1.85. The van der Waals surface area contributed by atoms with E-state index in [4.69, 9.17) is 0 Å². The van der Waals surface area contributed by atoms with Gasteiger partial charge in [-0.1, -0.05) is 13.8 Å². The Balaban J connectivity index is 2.18. The smallest absolute Gasteiger partial charge is 0.146 e. The predicted octanol–water partition coefficient (Wildman–Crippen LogP) is 3.13. The Bertz CT molecular complexity index is 615. The van der Waals surface area contributed by atoms with Gasteiger partial charge in [0.2, 0.25) is 0 Å². The number of nitrogens with one attached hydrogen (secondary N) is 1. The molecule has 1 atom stereocenters. The van der Waals surface area contributed by atoms with Gasteiger partial charge in [0.25, 0.3) is 0 Å². The first kappa shape index (κ1) is 16.5. The Kier molecular flexibility index (Phi) is 5.57. The van der Waals surface area contributed by atoms with Gasteiger partial charge in [0.05, 0.1) is 18.0 Å². The summed E-state index contributed by atoms with van der Waals surface area (Å²) in [5.74, 6) is -0.498. The molecule has 5 heteroatoms. The zero-order chi connectivity index (χ0) is 16.1. The van der Waals surface area contributed by atoms with Crippen LogP contribution in [0.4, 0.5) is 8.78 Å². The van der Waals surface area contributed by atoms with Gasteiger partial charge >= 0.3 is 0 Å². The average molecular weight is 306 g/mol. The van der Waals surface area contributed by atoms with E-state index in [-0.39, 0.29) is 36.6 Å². The van der Waals surface area contributed by atoms with Crippen LogP contribution in [0, 0.1) is 17.6 Å². The first-order valence-electron chi connectivity index (χ1n) is 7.27. The van der Waals surface area contributed by atoms with Crippen LogP contribution in [0.3, 0.4) is 0 Å². The molecule has 0 aliphatic carbocycles. The highest BCUT2D eigenvalue weighted by Crippen LogP contribution is 2.19. The number of aliphatic hydroxyl groups is 1. The fraction of sp³-hybridized carbons (Fsp3) is 0.353. The van der Waals surface area contributed by atoms with Crippen LogP contribution in [0.2, 0.25) is 0 Å².